The highest BCUT2D eigenvalue weighted by molar-refractivity contribution is 5.96. The van der Waals surface area contributed by atoms with Gasteiger partial charge < -0.3 is 4.74 Å². The summed E-state index contributed by atoms with van der Waals surface area (Å²) in [5.74, 6) is 3.62. The van der Waals surface area contributed by atoms with Crippen LogP contribution in [-0.2, 0) is 5.41 Å². The van der Waals surface area contributed by atoms with Gasteiger partial charge in [-0.2, -0.15) is 0 Å². The molecule has 4 nitrogen and oxygen atoms in total. The Morgan fingerprint density at radius 1 is 0.333 bits per heavy atom. The minimum absolute atomic E-state index is 0.584. The monoisotopic (exact) mass is 689 g/mol. The van der Waals surface area contributed by atoms with Crippen LogP contribution in [-0.4, -0.2) is 15.0 Å². The number of nitrogens with zero attached hydrogens (tertiary/aromatic N) is 3. The van der Waals surface area contributed by atoms with Crippen LogP contribution in [0, 0.1) is 0 Å². The van der Waals surface area contributed by atoms with E-state index < -0.39 is 5.41 Å². The molecule has 11 rings (SSSR count). The van der Waals surface area contributed by atoms with Crippen molar-refractivity contribution in [2.45, 2.75) is 5.41 Å². The van der Waals surface area contributed by atoms with Gasteiger partial charge in [0.15, 0.2) is 17.5 Å². The van der Waals surface area contributed by atoms with Crippen molar-refractivity contribution in [1.82, 2.24) is 15.0 Å². The highest BCUT2D eigenvalue weighted by Crippen LogP contribution is 2.63. The number of rotatable bonds is 4. The maximum absolute atomic E-state index is 6.57. The molecule has 0 saturated carbocycles. The predicted octanol–water partition coefficient (Wildman–Crippen LogP) is 12.2. The first-order valence-corrected chi connectivity index (χ1v) is 18.3. The molecule has 0 fully saturated rings. The lowest BCUT2D eigenvalue weighted by molar-refractivity contribution is 0.436. The second-order valence-corrected chi connectivity index (χ2v) is 13.9. The zero-order valence-corrected chi connectivity index (χ0v) is 29.1. The van der Waals surface area contributed by atoms with Crippen molar-refractivity contribution in [3.8, 4) is 67.9 Å². The Labute approximate surface area is 313 Å². The van der Waals surface area contributed by atoms with Gasteiger partial charge in [-0.25, -0.2) is 15.0 Å². The van der Waals surface area contributed by atoms with Crippen LogP contribution in [0.5, 0.6) is 11.5 Å². The second-order valence-electron chi connectivity index (χ2n) is 13.9. The third kappa shape index (κ3) is 4.53. The van der Waals surface area contributed by atoms with E-state index in [9.17, 15) is 0 Å². The largest absolute Gasteiger partial charge is 0.457 e. The van der Waals surface area contributed by atoms with Gasteiger partial charge in [-0.1, -0.05) is 164 Å². The topological polar surface area (TPSA) is 47.9 Å². The van der Waals surface area contributed by atoms with Crippen LogP contribution in [0.25, 0.3) is 67.2 Å². The van der Waals surface area contributed by atoms with Crippen molar-refractivity contribution in [3.05, 3.63) is 210 Å². The summed E-state index contributed by atoms with van der Waals surface area (Å²) in [4.78, 5) is 15.7. The zero-order chi connectivity index (χ0) is 35.6. The fraction of sp³-hybridized carbons (Fsp3) is 0.0200. The van der Waals surface area contributed by atoms with E-state index in [1.54, 1.807) is 0 Å². The number of ether oxygens (including phenoxy) is 1. The number of hydrogen-bond acceptors (Lipinski definition) is 4. The van der Waals surface area contributed by atoms with Gasteiger partial charge in [0.05, 0.1) is 5.41 Å². The normalized spacial score (nSPS) is 13.1. The van der Waals surface area contributed by atoms with Crippen LogP contribution in [0.2, 0.25) is 0 Å². The molecule has 1 aliphatic heterocycles. The van der Waals surface area contributed by atoms with Gasteiger partial charge in [0.2, 0.25) is 0 Å². The van der Waals surface area contributed by atoms with Crippen molar-refractivity contribution in [1.29, 1.82) is 0 Å². The van der Waals surface area contributed by atoms with Gasteiger partial charge in [-0.3, -0.25) is 0 Å². The zero-order valence-electron chi connectivity index (χ0n) is 29.1. The van der Waals surface area contributed by atoms with E-state index in [1.165, 1.54) is 21.9 Å². The van der Waals surface area contributed by atoms with Crippen LogP contribution in [0.15, 0.2) is 188 Å². The van der Waals surface area contributed by atoms with Gasteiger partial charge in [0.1, 0.15) is 11.5 Å². The SMILES string of the molecule is c1ccc(-c2nc(-c3cccc(-c4ccc5ccccc5c4)c3)nc(-c3cccc4c3-c3ccccc3C43c4ccccc4Oc4ccccc43)n2)cc1. The Balaban J connectivity index is 1.15. The van der Waals surface area contributed by atoms with Crippen molar-refractivity contribution >= 4 is 10.8 Å². The molecule has 54 heavy (non-hydrogen) atoms. The first-order valence-electron chi connectivity index (χ1n) is 18.3. The summed E-state index contributed by atoms with van der Waals surface area (Å²) in [6.07, 6.45) is 0. The maximum Gasteiger partial charge on any atom is 0.164 e. The molecule has 0 saturated heterocycles. The van der Waals surface area contributed by atoms with E-state index in [0.29, 0.717) is 17.5 Å². The molecule has 0 atom stereocenters. The summed E-state index contributed by atoms with van der Waals surface area (Å²) in [6.45, 7) is 0. The van der Waals surface area contributed by atoms with E-state index in [1.807, 2.05) is 30.3 Å². The Morgan fingerprint density at radius 3 is 1.67 bits per heavy atom. The maximum atomic E-state index is 6.57. The van der Waals surface area contributed by atoms with Crippen molar-refractivity contribution < 1.29 is 4.74 Å². The Morgan fingerprint density at radius 2 is 0.870 bits per heavy atom. The van der Waals surface area contributed by atoms with Crippen LogP contribution >= 0.6 is 0 Å². The molecule has 0 N–H and O–H groups in total. The molecule has 4 heteroatoms. The molecule has 9 aromatic rings. The standard InChI is InChI=1S/C50H31N3O/c1-2-15-33(16-3-1)47-51-48(37-19-12-18-35(31-37)36-29-28-32-14-4-5-17-34(32)30-36)53-49(52-47)39-21-13-25-43-46(39)38-20-6-7-22-40(38)50(43)41-23-8-10-26-44(41)54-45-27-11-9-24-42(45)50/h1-31H. The number of benzene rings is 8. The predicted molar refractivity (Wildman–Crippen MR) is 216 cm³/mol. The van der Waals surface area contributed by atoms with Crippen molar-refractivity contribution in [2.24, 2.45) is 0 Å². The van der Waals surface area contributed by atoms with Crippen molar-refractivity contribution in [2.75, 3.05) is 0 Å². The number of fused-ring (bicyclic) bond motifs is 10. The molecular weight excluding hydrogens is 659 g/mol. The lowest BCUT2D eigenvalue weighted by Gasteiger charge is -2.39. The molecule has 8 aromatic carbocycles. The van der Waals surface area contributed by atoms with Gasteiger partial charge in [0, 0.05) is 27.8 Å². The molecule has 1 aliphatic carbocycles. The van der Waals surface area contributed by atoms with Gasteiger partial charge in [-0.05, 0) is 68.4 Å². The Bertz CT molecular complexity index is 2890. The minimum atomic E-state index is -0.584. The average Bonchev–Trinajstić information content (AvgIpc) is 3.54. The molecular formula is C50H31N3O. The highest BCUT2D eigenvalue weighted by Gasteiger charge is 2.51. The summed E-state index contributed by atoms with van der Waals surface area (Å²) in [7, 11) is 0. The summed E-state index contributed by atoms with van der Waals surface area (Å²) in [6, 6.07) is 66.0. The van der Waals surface area contributed by atoms with Crippen LogP contribution in [0.1, 0.15) is 22.3 Å². The molecule has 1 aromatic heterocycles. The number of para-hydroxylation sites is 2. The fourth-order valence-electron chi connectivity index (χ4n) is 8.64. The number of aromatic nitrogens is 3. The second kappa shape index (κ2) is 11.9. The van der Waals surface area contributed by atoms with E-state index in [0.717, 1.165) is 61.6 Å². The van der Waals surface area contributed by atoms with Gasteiger partial charge in [-0.15, -0.1) is 0 Å². The third-order valence-electron chi connectivity index (χ3n) is 11.0. The molecule has 0 bridgehead atoms. The molecule has 0 radical (unpaired) electrons. The lowest BCUT2D eigenvalue weighted by atomic mass is 9.66. The number of hydrogen-bond donors (Lipinski definition) is 0. The van der Waals surface area contributed by atoms with E-state index in [-0.39, 0.29) is 0 Å². The molecule has 1 spiro atoms. The molecule has 252 valence electrons. The van der Waals surface area contributed by atoms with E-state index in [2.05, 4.69) is 158 Å². The van der Waals surface area contributed by atoms with Crippen LogP contribution in [0.3, 0.4) is 0 Å². The molecule has 0 unspecified atom stereocenters. The minimum Gasteiger partial charge on any atom is -0.457 e. The first-order chi connectivity index (χ1) is 26.8. The Hall–Kier alpha value is -7.17. The highest BCUT2D eigenvalue weighted by atomic mass is 16.5. The van der Waals surface area contributed by atoms with Crippen LogP contribution in [0.4, 0.5) is 0 Å². The van der Waals surface area contributed by atoms with E-state index >= 15 is 0 Å². The van der Waals surface area contributed by atoms with Gasteiger partial charge in [0.25, 0.3) is 0 Å². The first kappa shape index (κ1) is 30.5. The molecule has 2 aliphatic rings. The summed E-state index contributed by atoms with van der Waals surface area (Å²) in [5.41, 5.74) is 11.4. The van der Waals surface area contributed by atoms with E-state index in [4.69, 9.17) is 19.7 Å². The third-order valence-corrected chi connectivity index (χ3v) is 11.0. The van der Waals surface area contributed by atoms with Crippen LogP contribution < -0.4 is 4.74 Å². The summed E-state index contributed by atoms with van der Waals surface area (Å²) >= 11 is 0. The molecule has 2 heterocycles. The summed E-state index contributed by atoms with van der Waals surface area (Å²) in [5, 5.41) is 2.43. The Kier molecular flexibility index (Phi) is 6.73. The summed E-state index contributed by atoms with van der Waals surface area (Å²) < 4.78 is 6.57. The average molecular weight is 690 g/mol. The fourth-order valence-corrected chi connectivity index (χ4v) is 8.64. The quantitative estimate of drug-likeness (QED) is 0.185. The lowest BCUT2D eigenvalue weighted by Crippen LogP contribution is -2.32. The van der Waals surface area contributed by atoms with Crippen molar-refractivity contribution in [3.63, 3.8) is 0 Å². The smallest absolute Gasteiger partial charge is 0.164 e. The van der Waals surface area contributed by atoms with Gasteiger partial charge >= 0.3 is 0 Å². The molecule has 0 amide bonds.